The van der Waals surface area contributed by atoms with E-state index in [9.17, 15) is 14.4 Å². The molecule has 1 saturated heterocycles. The van der Waals surface area contributed by atoms with Gasteiger partial charge in [-0.1, -0.05) is 84.9 Å². The van der Waals surface area contributed by atoms with Crippen LogP contribution in [0.3, 0.4) is 0 Å². The van der Waals surface area contributed by atoms with Crippen molar-refractivity contribution in [3.05, 3.63) is 97.1 Å². The Morgan fingerprint density at radius 2 is 1.73 bits per heavy atom. The van der Waals surface area contributed by atoms with Gasteiger partial charge in [-0.3, -0.25) is 14.4 Å². The number of ether oxygens (including phenoxy) is 1. The van der Waals surface area contributed by atoms with E-state index in [0.717, 1.165) is 41.6 Å². The molecule has 1 saturated carbocycles. The molecule has 5 atom stereocenters. The molecule has 10 nitrogen and oxygen atoms in total. The van der Waals surface area contributed by atoms with Gasteiger partial charge >= 0.3 is 0 Å². The number of anilines is 1. The Balaban J connectivity index is 1.16. The number of amides is 3. The molecule has 11 heteroatoms. The number of carbonyl (C=O) groups excluding carboxylic acids is 3. The molecule has 0 spiro atoms. The summed E-state index contributed by atoms with van der Waals surface area (Å²) in [4.78, 5) is 54.2. The topological polar surface area (TPSA) is 122 Å². The van der Waals surface area contributed by atoms with Crippen LogP contribution in [0.4, 0.5) is 5.69 Å². The highest BCUT2D eigenvalue weighted by Gasteiger charge is 2.61. The molecule has 2 fully saturated rings. The average Bonchev–Trinajstić information content (AvgIpc) is 3.41. The number of nitrogens with zero attached hydrogens (tertiary/aromatic N) is 2. The highest BCUT2D eigenvalue weighted by molar-refractivity contribution is 7.20. The maximum Gasteiger partial charge on any atom is 0.278 e. The van der Waals surface area contributed by atoms with E-state index in [4.69, 9.17) is 9.57 Å². The lowest BCUT2D eigenvalue weighted by atomic mass is 10.0. The largest absolute Gasteiger partial charge is 0.465 e. The van der Waals surface area contributed by atoms with Gasteiger partial charge in [0, 0.05) is 18.0 Å². The number of hydrogen-bond acceptors (Lipinski definition) is 8. The molecule has 1 aromatic heterocycles. The summed E-state index contributed by atoms with van der Waals surface area (Å²) >= 11 is 1.44. The Kier molecular flexibility index (Phi) is 9.29. The summed E-state index contributed by atoms with van der Waals surface area (Å²) in [6.07, 6.45) is 8.61. The lowest BCUT2D eigenvalue weighted by Gasteiger charge is -2.30. The summed E-state index contributed by atoms with van der Waals surface area (Å²) in [5.41, 5.74) is 3.05. The van der Waals surface area contributed by atoms with Gasteiger partial charge in [-0.05, 0) is 62.1 Å². The predicted octanol–water partition coefficient (Wildman–Crippen LogP) is 5.63. The van der Waals surface area contributed by atoms with Gasteiger partial charge in [0.25, 0.3) is 11.1 Å². The number of para-hydroxylation sites is 3. The van der Waals surface area contributed by atoms with Crippen LogP contribution in [0.5, 0.6) is 10.9 Å². The fraction of sp³-hybridized carbons (Fsp3) is 0.351. The fourth-order valence-electron chi connectivity index (χ4n) is 6.63. The van der Waals surface area contributed by atoms with Crippen LogP contribution in [0.25, 0.3) is 10.2 Å². The zero-order valence-electron chi connectivity index (χ0n) is 26.5. The SMILES string of the molecule is O=C1N[C@]2(C(=O)NOc3ccccc3)C[C@H]2/C=C\CCCCC[C@H](Nc2ccccc2)C(=O)N2C[C@H](Oc3nc4ccccc4s3)C[C@@H]12. The van der Waals surface area contributed by atoms with E-state index in [1.807, 2.05) is 78.9 Å². The lowest BCUT2D eigenvalue weighted by molar-refractivity contribution is -0.141. The molecule has 4 aromatic rings. The zero-order valence-corrected chi connectivity index (χ0v) is 27.4. The van der Waals surface area contributed by atoms with Crippen LogP contribution in [-0.2, 0) is 14.4 Å². The summed E-state index contributed by atoms with van der Waals surface area (Å²) < 4.78 is 7.35. The highest BCUT2D eigenvalue weighted by Crippen LogP contribution is 2.45. The van der Waals surface area contributed by atoms with Gasteiger partial charge in [0.1, 0.15) is 23.7 Å². The first-order valence-corrected chi connectivity index (χ1v) is 17.5. The molecule has 3 N–H and O–H groups in total. The van der Waals surface area contributed by atoms with E-state index in [0.29, 0.717) is 23.8 Å². The molecular weight excluding hydrogens is 627 g/mol. The van der Waals surface area contributed by atoms with Crippen LogP contribution in [0.2, 0.25) is 0 Å². The second kappa shape index (κ2) is 14.1. The predicted molar refractivity (Wildman–Crippen MR) is 184 cm³/mol. The third-order valence-electron chi connectivity index (χ3n) is 9.31. The van der Waals surface area contributed by atoms with Gasteiger partial charge in [0.2, 0.25) is 11.8 Å². The van der Waals surface area contributed by atoms with E-state index >= 15 is 0 Å². The maximum atomic E-state index is 14.4. The Morgan fingerprint density at radius 1 is 0.958 bits per heavy atom. The quantitative estimate of drug-likeness (QED) is 0.173. The summed E-state index contributed by atoms with van der Waals surface area (Å²) in [6.45, 7) is 0.222. The van der Waals surface area contributed by atoms with Crippen molar-refractivity contribution >= 4 is 45.0 Å². The minimum absolute atomic E-state index is 0.166. The lowest BCUT2D eigenvalue weighted by Crippen LogP contribution is -2.57. The van der Waals surface area contributed by atoms with Crippen molar-refractivity contribution in [1.82, 2.24) is 20.7 Å². The Bertz CT molecular complexity index is 1750. The molecule has 0 bridgehead atoms. The van der Waals surface area contributed by atoms with Gasteiger partial charge in [0.05, 0.1) is 16.8 Å². The van der Waals surface area contributed by atoms with Gasteiger partial charge in [-0.2, -0.15) is 5.48 Å². The fourth-order valence-corrected chi connectivity index (χ4v) is 7.51. The summed E-state index contributed by atoms with van der Waals surface area (Å²) in [5.74, 6) is -0.699. The van der Waals surface area contributed by atoms with Crippen LogP contribution >= 0.6 is 11.3 Å². The highest BCUT2D eigenvalue weighted by atomic mass is 32.1. The number of aromatic nitrogens is 1. The van der Waals surface area contributed by atoms with Crippen molar-refractivity contribution in [2.45, 2.75) is 68.7 Å². The van der Waals surface area contributed by atoms with E-state index in [1.165, 1.54) is 11.3 Å². The van der Waals surface area contributed by atoms with Crippen LogP contribution in [-0.4, -0.2) is 57.9 Å². The number of allylic oxidation sites excluding steroid dienone is 1. The summed E-state index contributed by atoms with van der Waals surface area (Å²) in [6, 6.07) is 25.1. The van der Waals surface area contributed by atoms with Gasteiger partial charge in [-0.15, -0.1) is 0 Å². The van der Waals surface area contributed by atoms with Crippen molar-refractivity contribution in [3.8, 4) is 10.9 Å². The molecule has 0 unspecified atom stereocenters. The smallest absolute Gasteiger partial charge is 0.278 e. The number of benzene rings is 3. The van der Waals surface area contributed by atoms with Crippen molar-refractivity contribution in [3.63, 3.8) is 0 Å². The number of thiazole rings is 1. The van der Waals surface area contributed by atoms with Gasteiger partial charge in [-0.25, -0.2) is 4.98 Å². The van der Waals surface area contributed by atoms with E-state index in [2.05, 4.69) is 27.2 Å². The van der Waals surface area contributed by atoms with Gasteiger partial charge in [0.15, 0.2) is 5.75 Å². The molecule has 248 valence electrons. The number of rotatable bonds is 7. The van der Waals surface area contributed by atoms with Gasteiger partial charge < -0.3 is 25.1 Å². The normalized spacial score (nSPS) is 26.6. The number of hydroxylamine groups is 1. The monoisotopic (exact) mass is 665 g/mol. The van der Waals surface area contributed by atoms with Crippen LogP contribution in [0.15, 0.2) is 97.1 Å². The molecule has 2 aliphatic heterocycles. The minimum atomic E-state index is -1.19. The molecule has 1 aliphatic carbocycles. The van der Waals surface area contributed by atoms with Crippen molar-refractivity contribution in [2.75, 3.05) is 11.9 Å². The number of carbonyl (C=O) groups is 3. The second-order valence-electron chi connectivity index (χ2n) is 12.7. The third kappa shape index (κ3) is 7.01. The molecule has 0 radical (unpaired) electrons. The number of hydrogen-bond donors (Lipinski definition) is 3. The Hall–Kier alpha value is -4.90. The third-order valence-corrected chi connectivity index (χ3v) is 10.2. The molecule has 3 amide bonds. The molecular formula is C37H39N5O5S. The summed E-state index contributed by atoms with van der Waals surface area (Å²) in [5, 5.41) is 7.01. The number of nitrogens with one attached hydrogen (secondary N) is 3. The molecule has 7 rings (SSSR count). The first-order valence-electron chi connectivity index (χ1n) is 16.6. The van der Waals surface area contributed by atoms with E-state index < -0.39 is 35.5 Å². The van der Waals surface area contributed by atoms with E-state index in [1.54, 1.807) is 17.0 Å². The van der Waals surface area contributed by atoms with Crippen molar-refractivity contribution in [2.24, 2.45) is 5.92 Å². The first kappa shape index (κ1) is 31.7. The Labute approximate surface area is 283 Å². The van der Waals surface area contributed by atoms with E-state index in [-0.39, 0.29) is 24.8 Å². The minimum Gasteiger partial charge on any atom is -0.465 e. The van der Waals surface area contributed by atoms with Crippen molar-refractivity contribution in [1.29, 1.82) is 0 Å². The molecule has 3 aromatic carbocycles. The van der Waals surface area contributed by atoms with Crippen LogP contribution in [0.1, 0.15) is 44.9 Å². The molecule has 3 heterocycles. The summed E-state index contributed by atoms with van der Waals surface area (Å²) in [7, 11) is 0. The Morgan fingerprint density at radius 3 is 2.54 bits per heavy atom. The van der Waals surface area contributed by atoms with Crippen LogP contribution in [0, 0.1) is 5.92 Å². The van der Waals surface area contributed by atoms with Crippen molar-refractivity contribution < 1.29 is 24.0 Å². The number of fused-ring (bicyclic) bond motifs is 3. The maximum absolute atomic E-state index is 14.4. The second-order valence-corrected chi connectivity index (χ2v) is 13.7. The average molecular weight is 666 g/mol. The standard InChI is InChI=1S/C37H39N5O5S/c43-33-31-22-28(46-36-39-29-19-12-13-21-32(29)48-36)24-42(31)34(44)30(38-26-15-7-4-8-16-26)20-11-3-1-2-6-14-25-23-37(25,40-33)35(45)41-47-27-17-9-5-10-18-27/h4-10,12-19,21,25,28,30-31,38H,1-3,11,20,22-24H2,(H,40,43)(H,41,45)/b14-6-/t25-,28-,30+,31+,37-/m1/s1. The molecule has 3 aliphatic rings. The van der Waals surface area contributed by atoms with Crippen LogP contribution < -0.4 is 25.7 Å². The zero-order chi connectivity index (χ0) is 32.9. The molecule has 48 heavy (non-hydrogen) atoms. The first-order chi connectivity index (χ1) is 23.5.